The number of rotatable bonds is 5. The number of halogens is 1. The van der Waals surface area contributed by atoms with E-state index in [1.807, 2.05) is 36.8 Å². The zero-order valence-corrected chi connectivity index (χ0v) is 11.9. The topological polar surface area (TPSA) is 34.1 Å². The number of thiazole rings is 1. The molecule has 0 spiro atoms. The van der Waals surface area contributed by atoms with Crippen LogP contribution in [0.2, 0.25) is 5.02 Å². The number of hydrogen-bond acceptors (Lipinski definition) is 4. The van der Waals surface area contributed by atoms with Crippen LogP contribution in [0.25, 0.3) is 0 Å². The molecule has 2 rings (SSSR count). The Morgan fingerprint density at radius 3 is 3.00 bits per heavy atom. The predicted octanol–water partition coefficient (Wildman–Crippen LogP) is 4.37. The molecule has 1 atom stereocenters. The third kappa shape index (κ3) is 3.15. The van der Waals surface area contributed by atoms with Crippen LogP contribution in [0.1, 0.15) is 24.8 Å². The van der Waals surface area contributed by atoms with Gasteiger partial charge in [-0.2, -0.15) is 0 Å². The average molecular weight is 283 g/mol. The Bertz CT molecular complexity index is 502. The average Bonchev–Trinajstić information content (AvgIpc) is 2.86. The zero-order chi connectivity index (χ0) is 13.0. The van der Waals surface area contributed by atoms with E-state index >= 15 is 0 Å². The van der Waals surface area contributed by atoms with Crippen molar-refractivity contribution in [1.82, 2.24) is 4.98 Å². The molecule has 0 radical (unpaired) electrons. The van der Waals surface area contributed by atoms with Crippen molar-refractivity contribution in [1.29, 1.82) is 0 Å². The zero-order valence-electron chi connectivity index (χ0n) is 10.3. The van der Waals surface area contributed by atoms with Crippen LogP contribution in [0, 0.1) is 0 Å². The number of benzene rings is 1. The second-order valence-corrected chi connectivity index (χ2v) is 5.20. The van der Waals surface area contributed by atoms with Gasteiger partial charge in [0.2, 0.25) is 0 Å². The third-order valence-electron chi connectivity index (χ3n) is 2.49. The van der Waals surface area contributed by atoms with Crippen molar-refractivity contribution in [3.05, 3.63) is 39.8 Å². The lowest BCUT2D eigenvalue weighted by Crippen LogP contribution is -2.07. The maximum atomic E-state index is 6.02. The monoisotopic (exact) mass is 282 g/mol. The fraction of sp³-hybridized carbons (Fsp3) is 0.308. The molecule has 0 aliphatic heterocycles. The van der Waals surface area contributed by atoms with Gasteiger partial charge in [0.25, 0.3) is 0 Å². The molecule has 5 heteroatoms. The van der Waals surface area contributed by atoms with Crippen LogP contribution in [-0.4, -0.2) is 11.6 Å². The Morgan fingerprint density at radius 1 is 1.50 bits per heavy atom. The van der Waals surface area contributed by atoms with Crippen LogP contribution in [-0.2, 0) is 0 Å². The Hall–Kier alpha value is -1.26. The molecular formula is C13H15ClN2OS. The molecule has 96 valence electrons. The minimum Gasteiger partial charge on any atom is -0.492 e. The Balaban J connectivity index is 2.19. The number of nitrogens with zero attached hydrogens (tertiary/aromatic N) is 1. The van der Waals surface area contributed by atoms with Crippen LogP contribution < -0.4 is 10.1 Å². The van der Waals surface area contributed by atoms with E-state index in [1.54, 1.807) is 11.3 Å². The summed E-state index contributed by atoms with van der Waals surface area (Å²) in [4.78, 5) is 5.26. The van der Waals surface area contributed by atoms with Crippen LogP contribution in [0.5, 0.6) is 5.75 Å². The molecule has 1 N–H and O–H groups in total. The van der Waals surface area contributed by atoms with Gasteiger partial charge in [0.1, 0.15) is 5.75 Å². The van der Waals surface area contributed by atoms with Crippen molar-refractivity contribution in [3.8, 4) is 5.75 Å². The normalized spacial score (nSPS) is 12.2. The standard InChI is InChI=1S/C13H15ClN2OS/c1-3-17-12-5-4-10(14)6-11(12)16-9(2)13-7-15-8-18-13/h4-9,16H,3H2,1-2H3. The lowest BCUT2D eigenvalue weighted by Gasteiger charge is -2.17. The summed E-state index contributed by atoms with van der Waals surface area (Å²) in [6.07, 6.45) is 1.87. The summed E-state index contributed by atoms with van der Waals surface area (Å²) in [7, 11) is 0. The van der Waals surface area contributed by atoms with E-state index in [0.717, 1.165) is 11.4 Å². The highest BCUT2D eigenvalue weighted by Gasteiger charge is 2.11. The quantitative estimate of drug-likeness (QED) is 0.884. The van der Waals surface area contributed by atoms with Gasteiger partial charge in [-0.1, -0.05) is 11.6 Å². The maximum absolute atomic E-state index is 6.02. The van der Waals surface area contributed by atoms with Crippen LogP contribution in [0.15, 0.2) is 29.9 Å². The summed E-state index contributed by atoms with van der Waals surface area (Å²) in [6, 6.07) is 5.77. The largest absolute Gasteiger partial charge is 0.492 e. The molecular weight excluding hydrogens is 268 g/mol. The molecule has 1 heterocycles. The van der Waals surface area contributed by atoms with Crippen molar-refractivity contribution in [2.45, 2.75) is 19.9 Å². The molecule has 18 heavy (non-hydrogen) atoms. The molecule has 3 nitrogen and oxygen atoms in total. The SMILES string of the molecule is CCOc1ccc(Cl)cc1NC(C)c1cncs1. The third-order valence-corrected chi connectivity index (χ3v) is 3.69. The molecule has 0 amide bonds. The first kappa shape index (κ1) is 13.2. The van der Waals surface area contributed by atoms with Gasteiger partial charge in [0, 0.05) is 16.1 Å². The highest BCUT2D eigenvalue weighted by Crippen LogP contribution is 2.31. The van der Waals surface area contributed by atoms with Gasteiger partial charge in [0.15, 0.2) is 0 Å². The molecule has 1 aromatic heterocycles. The predicted molar refractivity (Wildman–Crippen MR) is 76.8 cm³/mol. The highest BCUT2D eigenvalue weighted by atomic mass is 35.5. The first-order valence-electron chi connectivity index (χ1n) is 5.78. The van der Waals surface area contributed by atoms with E-state index in [0.29, 0.717) is 11.6 Å². The van der Waals surface area contributed by atoms with Crippen LogP contribution >= 0.6 is 22.9 Å². The van der Waals surface area contributed by atoms with E-state index < -0.39 is 0 Å². The van der Waals surface area contributed by atoms with Crippen LogP contribution in [0.4, 0.5) is 5.69 Å². The number of hydrogen-bond donors (Lipinski definition) is 1. The van der Waals surface area contributed by atoms with Gasteiger partial charge in [0.05, 0.1) is 23.8 Å². The molecule has 0 bridgehead atoms. The smallest absolute Gasteiger partial charge is 0.142 e. The molecule has 1 unspecified atom stereocenters. The van der Waals surface area contributed by atoms with E-state index in [-0.39, 0.29) is 6.04 Å². The van der Waals surface area contributed by atoms with Crippen molar-refractivity contribution in [2.75, 3.05) is 11.9 Å². The van der Waals surface area contributed by atoms with Crippen molar-refractivity contribution >= 4 is 28.6 Å². The summed E-state index contributed by atoms with van der Waals surface area (Å²) >= 11 is 7.65. The number of nitrogens with one attached hydrogen (secondary N) is 1. The highest BCUT2D eigenvalue weighted by molar-refractivity contribution is 7.09. The summed E-state index contributed by atoms with van der Waals surface area (Å²) in [5.41, 5.74) is 2.74. The fourth-order valence-electron chi connectivity index (χ4n) is 1.64. The molecule has 0 aliphatic rings. The second-order valence-electron chi connectivity index (χ2n) is 3.84. The van der Waals surface area contributed by atoms with E-state index in [2.05, 4.69) is 17.2 Å². The van der Waals surface area contributed by atoms with Gasteiger partial charge in [-0.05, 0) is 32.0 Å². The van der Waals surface area contributed by atoms with E-state index in [1.165, 1.54) is 4.88 Å². The van der Waals surface area contributed by atoms with E-state index in [9.17, 15) is 0 Å². The van der Waals surface area contributed by atoms with Crippen LogP contribution in [0.3, 0.4) is 0 Å². The minimum atomic E-state index is 0.176. The lowest BCUT2D eigenvalue weighted by atomic mass is 10.2. The molecule has 0 fully saturated rings. The fourth-order valence-corrected chi connectivity index (χ4v) is 2.44. The summed E-state index contributed by atoms with van der Waals surface area (Å²) in [6.45, 7) is 4.68. The summed E-state index contributed by atoms with van der Waals surface area (Å²) < 4.78 is 5.58. The molecule has 2 aromatic rings. The Kier molecular flexibility index (Phi) is 4.44. The van der Waals surface area contributed by atoms with Gasteiger partial charge in [-0.25, -0.2) is 0 Å². The number of anilines is 1. The minimum absolute atomic E-state index is 0.176. The number of ether oxygens (including phenoxy) is 1. The van der Waals surface area contributed by atoms with Gasteiger partial charge in [-0.15, -0.1) is 11.3 Å². The first-order valence-corrected chi connectivity index (χ1v) is 7.03. The van der Waals surface area contributed by atoms with Crippen molar-refractivity contribution in [3.63, 3.8) is 0 Å². The molecule has 0 saturated carbocycles. The summed E-state index contributed by atoms with van der Waals surface area (Å²) in [5.74, 6) is 0.818. The molecule has 0 aliphatic carbocycles. The lowest BCUT2D eigenvalue weighted by molar-refractivity contribution is 0.341. The van der Waals surface area contributed by atoms with Crippen molar-refractivity contribution < 1.29 is 4.74 Å². The van der Waals surface area contributed by atoms with Gasteiger partial charge >= 0.3 is 0 Å². The Morgan fingerprint density at radius 2 is 2.33 bits per heavy atom. The van der Waals surface area contributed by atoms with E-state index in [4.69, 9.17) is 16.3 Å². The molecule has 0 saturated heterocycles. The van der Waals surface area contributed by atoms with Crippen molar-refractivity contribution in [2.24, 2.45) is 0 Å². The second kappa shape index (κ2) is 6.07. The number of aromatic nitrogens is 1. The molecule has 1 aromatic carbocycles. The van der Waals surface area contributed by atoms with Gasteiger partial charge in [-0.3, -0.25) is 4.98 Å². The maximum Gasteiger partial charge on any atom is 0.142 e. The summed E-state index contributed by atoms with van der Waals surface area (Å²) in [5, 5.41) is 4.09. The van der Waals surface area contributed by atoms with Gasteiger partial charge < -0.3 is 10.1 Å². The Labute approximate surface area is 116 Å². The first-order chi connectivity index (χ1) is 8.70.